The van der Waals surface area contributed by atoms with Gasteiger partial charge in [0.2, 0.25) is 5.91 Å². The number of carbonyl (C=O) groups excluding carboxylic acids is 1. The summed E-state index contributed by atoms with van der Waals surface area (Å²) in [5.41, 5.74) is 5.25. The average molecular weight is 200 g/mol. The third-order valence-electron chi connectivity index (χ3n) is 3.13. The number of aliphatic hydroxyl groups is 1. The molecule has 1 fully saturated rings. The SMILES string of the molecule is C[C@H](O)[C@@H]1CCCN([C@@H](C)C(N)=O)C1. The van der Waals surface area contributed by atoms with Crippen LogP contribution in [0.1, 0.15) is 26.7 Å². The molecule has 14 heavy (non-hydrogen) atoms. The maximum atomic E-state index is 11.0. The molecule has 0 radical (unpaired) electrons. The lowest BCUT2D eigenvalue weighted by molar-refractivity contribution is -0.123. The topological polar surface area (TPSA) is 66.6 Å². The van der Waals surface area contributed by atoms with E-state index in [1.165, 1.54) is 0 Å². The number of piperidine rings is 1. The van der Waals surface area contributed by atoms with E-state index >= 15 is 0 Å². The Balaban J connectivity index is 2.51. The van der Waals surface area contributed by atoms with Crippen molar-refractivity contribution in [2.45, 2.75) is 38.8 Å². The van der Waals surface area contributed by atoms with Crippen LogP contribution in [0.2, 0.25) is 0 Å². The molecule has 0 spiro atoms. The molecule has 1 saturated heterocycles. The number of hydrogen-bond acceptors (Lipinski definition) is 3. The fourth-order valence-electron chi connectivity index (χ4n) is 1.97. The third kappa shape index (κ3) is 2.69. The second kappa shape index (κ2) is 4.75. The molecule has 4 nitrogen and oxygen atoms in total. The van der Waals surface area contributed by atoms with Gasteiger partial charge >= 0.3 is 0 Å². The van der Waals surface area contributed by atoms with Crippen molar-refractivity contribution in [3.8, 4) is 0 Å². The number of hydrogen-bond donors (Lipinski definition) is 2. The number of primary amides is 1. The summed E-state index contributed by atoms with van der Waals surface area (Å²) in [5, 5.41) is 9.47. The van der Waals surface area contributed by atoms with Crippen LogP contribution in [0.3, 0.4) is 0 Å². The van der Waals surface area contributed by atoms with Gasteiger partial charge in [-0.25, -0.2) is 0 Å². The molecule has 0 aliphatic carbocycles. The molecule has 1 aliphatic heterocycles. The van der Waals surface area contributed by atoms with E-state index in [2.05, 4.69) is 4.90 Å². The minimum Gasteiger partial charge on any atom is -0.393 e. The summed E-state index contributed by atoms with van der Waals surface area (Å²) < 4.78 is 0. The van der Waals surface area contributed by atoms with Crippen LogP contribution >= 0.6 is 0 Å². The van der Waals surface area contributed by atoms with Crippen LogP contribution in [0.15, 0.2) is 0 Å². The lowest BCUT2D eigenvalue weighted by Gasteiger charge is -2.36. The molecule has 1 heterocycles. The molecule has 1 aliphatic rings. The average Bonchev–Trinajstić information content (AvgIpc) is 2.16. The second-order valence-corrected chi connectivity index (χ2v) is 4.22. The van der Waals surface area contributed by atoms with Crippen LogP contribution in [0.5, 0.6) is 0 Å². The van der Waals surface area contributed by atoms with Crippen LogP contribution in [0, 0.1) is 5.92 Å². The normalized spacial score (nSPS) is 28.4. The number of rotatable bonds is 3. The summed E-state index contributed by atoms with van der Waals surface area (Å²) in [6.45, 7) is 5.32. The van der Waals surface area contributed by atoms with E-state index in [9.17, 15) is 9.90 Å². The van der Waals surface area contributed by atoms with E-state index in [0.29, 0.717) is 0 Å². The van der Waals surface area contributed by atoms with Gasteiger partial charge in [0.25, 0.3) is 0 Å². The van der Waals surface area contributed by atoms with Crippen molar-refractivity contribution in [2.24, 2.45) is 11.7 Å². The van der Waals surface area contributed by atoms with Crippen molar-refractivity contribution in [1.82, 2.24) is 4.90 Å². The van der Waals surface area contributed by atoms with Gasteiger partial charge in [-0.1, -0.05) is 0 Å². The van der Waals surface area contributed by atoms with Crippen molar-refractivity contribution in [3.63, 3.8) is 0 Å². The van der Waals surface area contributed by atoms with Crippen LogP contribution in [-0.2, 0) is 4.79 Å². The number of likely N-dealkylation sites (tertiary alicyclic amines) is 1. The van der Waals surface area contributed by atoms with E-state index < -0.39 is 0 Å². The summed E-state index contributed by atoms with van der Waals surface area (Å²) >= 11 is 0. The smallest absolute Gasteiger partial charge is 0.234 e. The highest BCUT2D eigenvalue weighted by atomic mass is 16.3. The molecule has 82 valence electrons. The number of amides is 1. The molecule has 3 N–H and O–H groups in total. The summed E-state index contributed by atoms with van der Waals surface area (Å²) in [6, 6.07) is -0.212. The van der Waals surface area contributed by atoms with Crippen LogP contribution in [0.4, 0.5) is 0 Å². The molecular formula is C10H20N2O2. The predicted octanol–water partition coefficient (Wildman–Crippen LogP) is -0.0470. The Morgan fingerprint density at radius 3 is 2.71 bits per heavy atom. The first-order valence-corrected chi connectivity index (χ1v) is 5.23. The molecular weight excluding hydrogens is 180 g/mol. The molecule has 0 unspecified atom stereocenters. The maximum absolute atomic E-state index is 11.0. The van der Waals surface area contributed by atoms with Gasteiger partial charge < -0.3 is 10.8 Å². The number of carbonyl (C=O) groups is 1. The Morgan fingerprint density at radius 1 is 1.57 bits per heavy atom. The van der Waals surface area contributed by atoms with Gasteiger partial charge in [0.05, 0.1) is 12.1 Å². The molecule has 1 rings (SSSR count). The zero-order chi connectivity index (χ0) is 10.7. The number of nitrogens with two attached hydrogens (primary N) is 1. The zero-order valence-corrected chi connectivity index (χ0v) is 8.94. The van der Waals surface area contributed by atoms with Gasteiger partial charge in [0, 0.05) is 6.54 Å². The molecule has 0 saturated carbocycles. The minimum absolute atomic E-state index is 0.212. The summed E-state index contributed by atoms with van der Waals surface area (Å²) in [7, 11) is 0. The van der Waals surface area contributed by atoms with E-state index in [1.807, 2.05) is 13.8 Å². The quantitative estimate of drug-likeness (QED) is 0.671. The van der Waals surface area contributed by atoms with E-state index in [1.54, 1.807) is 0 Å². The Labute approximate surface area is 85.1 Å². The van der Waals surface area contributed by atoms with Crippen LogP contribution in [-0.4, -0.2) is 41.1 Å². The molecule has 3 atom stereocenters. The van der Waals surface area contributed by atoms with Gasteiger partial charge in [-0.2, -0.15) is 0 Å². The van der Waals surface area contributed by atoms with Gasteiger partial charge in [-0.15, -0.1) is 0 Å². The first kappa shape index (κ1) is 11.5. The summed E-state index contributed by atoms with van der Waals surface area (Å²) in [5.74, 6) is 0.00166. The Hall–Kier alpha value is -0.610. The van der Waals surface area contributed by atoms with Gasteiger partial charge in [-0.3, -0.25) is 9.69 Å². The fourth-order valence-corrected chi connectivity index (χ4v) is 1.97. The van der Waals surface area contributed by atoms with Gasteiger partial charge in [0.1, 0.15) is 0 Å². The van der Waals surface area contributed by atoms with E-state index in [4.69, 9.17) is 5.73 Å². The highest BCUT2D eigenvalue weighted by Gasteiger charge is 2.28. The number of nitrogens with zero attached hydrogens (tertiary/aromatic N) is 1. The first-order chi connectivity index (χ1) is 6.52. The monoisotopic (exact) mass is 200 g/mol. The highest BCUT2D eigenvalue weighted by Crippen LogP contribution is 2.21. The van der Waals surface area contributed by atoms with Crippen molar-refractivity contribution < 1.29 is 9.90 Å². The lowest BCUT2D eigenvalue weighted by atomic mass is 9.92. The van der Waals surface area contributed by atoms with Crippen molar-refractivity contribution in [3.05, 3.63) is 0 Å². The van der Waals surface area contributed by atoms with Crippen molar-refractivity contribution >= 4 is 5.91 Å². The maximum Gasteiger partial charge on any atom is 0.234 e. The minimum atomic E-state index is -0.294. The molecule has 0 aromatic heterocycles. The van der Waals surface area contributed by atoms with E-state index in [-0.39, 0.29) is 24.0 Å². The first-order valence-electron chi connectivity index (χ1n) is 5.23. The molecule has 0 aromatic rings. The van der Waals surface area contributed by atoms with Crippen molar-refractivity contribution in [1.29, 1.82) is 0 Å². The second-order valence-electron chi connectivity index (χ2n) is 4.22. The third-order valence-corrected chi connectivity index (χ3v) is 3.13. The molecule has 0 bridgehead atoms. The fraction of sp³-hybridized carbons (Fsp3) is 0.900. The highest BCUT2D eigenvalue weighted by molar-refractivity contribution is 5.79. The largest absolute Gasteiger partial charge is 0.393 e. The van der Waals surface area contributed by atoms with Crippen molar-refractivity contribution in [2.75, 3.05) is 13.1 Å². The van der Waals surface area contributed by atoms with Crippen LogP contribution in [0.25, 0.3) is 0 Å². The Kier molecular flexibility index (Phi) is 3.89. The summed E-state index contributed by atoms with van der Waals surface area (Å²) in [4.78, 5) is 13.1. The Morgan fingerprint density at radius 2 is 2.21 bits per heavy atom. The molecule has 0 aromatic carbocycles. The zero-order valence-electron chi connectivity index (χ0n) is 8.94. The van der Waals surface area contributed by atoms with Gasteiger partial charge in [-0.05, 0) is 39.2 Å². The lowest BCUT2D eigenvalue weighted by Crippen LogP contribution is -2.49. The summed E-state index contributed by atoms with van der Waals surface area (Å²) in [6.07, 6.45) is 1.78. The molecule has 4 heteroatoms. The standard InChI is InChI=1S/C10H20N2O2/c1-7(10(11)14)12-5-3-4-9(6-12)8(2)13/h7-9,13H,3-6H2,1-2H3,(H2,11,14)/t7-,8-,9+/m0/s1. The van der Waals surface area contributed by atoms with Gasteiger partial charge in [0.15, 0.2) is 0 Å². The number of aliphatic hydroxyl groups excluding tert-OH is 1. The van der Waals surface area contributed by atoms with Crippen LogP contribution < -0.4 is 5.73 Å². The van der Waals surface area contributed by atoms with E-state index in [0.717, 1.165) is 25.9 Å². The Bertz CT molecular complexity index is 206. The molecule has 1 amide bonds. The predicted molar refractivity (Wildman–Crippen MR) is 54.6 cm³/mol.